The third-order valence-corrected chi connectivity index (χ3v) is 3.04. The zero-order valence-electron chi connectivity index (χ0n) is 12.9. The van der Waals surface area contributed by atoms with Gasteiger partial charge in [0.05, 0.1) is 12.9 Å². The molecule has 24 heavy (non-hydrogen) atoms. The van der Waals surface area contributed by atoms with E-state index in [0.717, 1.165) is 9.80 Å². The molecule has 0 unspecified atom stereocenters. The van der Waals surface area contributed by atoms with Gasteiger partial charge < -0.3 is 18.8 Å². The molecule has 2 aromatic rings. The van der Waals surface area contributed by atoms with Crippen LogP contribution in [0.15, 0.2) is 10.7 Å². The van der Waals surface area contributed by atoms with Gasteiger partial charge in [0.15, 0.2) is 11.5 Å². The van der Waals surface area contributed by atoms with Gasteiger partial charge in [0.1, 0.15) is 0 Å². The number of carbonyl (C=O) groups is 2. The second-order valence-corrected chi connectivity index (χ2v) is 4.90. The molecule has 0 radical (unpaired) electrons. The third kappa shape index (κ3) is 3.36. The van der Waals surface area contributed by atoms with Crippen LogP contribution >= 0.6 is 0 Å². The SMILES string of the molecule is CN(Cc1nnc(C(F)(F)F)o1)C(=O)c1c(N(C)C=O)ncn1C. The van der Waals surface area contributed by atoms with Crippen LogP contribution < -0.4 is 4.90 Å². The minimum atomic E-state index is -4.75. The van der Waals surface area contributed by atoms with E-state index in [1.165, 1.54) is 25.0 Å². The molecule has 0 aliphatic heterocycles. The molecule has 2 aromatic heterocycles. The maximum atomic E-state index is 12.5. The summed E-state index contributed by atoms with van der Waals surface area (Å²) in [6, 6.07) is 0. The summed E-state index contributed by atoms with van der Waals surface area (Å²) >= 11 is 0. The fourth-order valence-electron chi connectivity index (χ4n) is 1.86. The predicted molar refractivity (Wildman–Crippen MR) is 72.8 cm³/mol. The lowest BCUT2D eigenvalue weighted by atomic mass is 10.3. The number of carbonyl (C=O) groups excluding carboxylic acids is 2. The minimum absolute atomic E-state index is 0.0858. The maximum Gasteiger partial charge on any atom is 0.470 e. The van der Waals surface area contributed by atoms with Gasteiger partial charge in [-0.15, -0.1) is 10.2 Å². The van der Waals surface area contributed by atoms with Crippen LogP contribution in [0.4, 0.5) is 19.0 Å². The highest BCUT2D eigenvalue weighted by Crippen LogP contribution is 2.28. The summed E-state index contributed by atoms with van der Waals surface area (Å²) in [6.45, 7) is -0.336. The topological polar surface area (TPSA) is 97.4 Å². The summed E-state index contributed by atoms with van der Waals surface area (Å²) in [6.07, 6.45) is -2.94. The van der Waals surface area contributed by atoms with E-state index in [-0.39, 0.29) is 23.9 Å². The first kappa shape index (κ1) is 17.4. The van der Waals surface area contributed by atoms with Crippen molar-refractivity contribution >= 4 is 18.1 Å². The van der Waals surface area contributed by atoms with E-state index >= 15 is 0 Å². The Morgan fingerprint density at radius 3 is 2.58 bits per heavy atom. The second-order valence-electron chi connectivity index (χ2n) is 4.90. The molecule has 2 rings (SSSR count). The molecule has 0 aliphatic rings. The Balaban J connectivity index is 2.20. The van der Waals surface area contributed by atoms with Crippen LogP contribution in [0.5, 0.6) is 0 Å². The van der Waals surface area contributed by atoms with Gasteiger partial charge in [0.2, 0.25) is 12.3 Å². The van der Waals surface area contributed by atoms with Crippen molar-refractivity contribution in [3.05, 3.63) is 23.8 Å². The molecule has 0 N–H and O–H groups in total. The largest absolute Gasteiger partial charge is 0.470 e. The first-order valence-electron chi connectivity index (χ1n) is 6.49. The highest BCUT2D eigenvalue weighted by Gasteiger charge is 2.38. The Morgan fingerprint density at radius 2 is 2.04 bits per heavy atom. The predicted octanol–water partition coefficient (Wildman–Crippen LogP) is 0.687. The van der Waals surface area contributed by atoms with Gasteiger partial charge in [-0.2, -0.15) is 13.2 Å². The van der Waals surface area contributed by atoms with E-state index in [9.17, 15) is 22.8 Å². The Labute approximate surface area is 133 Å². The smallest absolute Gasteiger partial charge is 0.415 e. The molecule has 0 saturated carbocycles. The maximum absolute atomic E-state index is 12.5. The molecule has 0 aromatic carbocycles. The fourth-order valence-corrected chi connectivity index (χ4v) is 1.86. The number of imidazole rings is 1. The van der Waals surface area contributed by atoms with Gasteiger partial charge in [0.25, 0.3) is 5.91 Å². The summed E-state index contributed by atoms with van der Waals surface area (Å²) in [5.74, 6) is -2.32. The van der Waals surface area contributed by atoms with E-state index < -0.39 is 18.0 Å². The Hall–Kier alpha value is -2.92. The Morgan fingerprint density at radius 1 is 1.38 bits per heavy atom. The number of hydrogen-bond donors (Lipinski definition) is 0. The van der Waals surface area contributed by atoms with Crippen LogP contribution in [-0.4, -0.2) is 51.1 Å². The molecule has 0 fully saturated rings. The summed E-state index contributed by atoms with van der Waals surface area (Å²) in [5, 5.41) is 6.15. The van der Waals surface area contributed by atoms with Gasteiger partial charge in [-0.05, 0) is 0 Å². The summed E-state index contributed by atoms with van der Waals surface area (Å²) in [4.78, 5) is 29.5. The van der Waals surface area contributed by atoms with E-state index in [1.54, 1.807) is 7.05 Å². The third-order valence-electron chi connectivity index (χ3n) is 3.04. The molecule has 0 spiro atoms. The summed E-state index contributed by atoms with van der Waals surface area (Å²) in [5.41, 5.74) is 0.0858. The van der Waals surface area contributed by atoms with Crippen LogP contribution in [0, 0.1) is 0 Å². The molecule has 0 atom stereocenters. The number of nitrogens with zero attached hydrogens (tertiary/aromatic N) is 6. The molecular weight excluding hydrogens is 333 g/mol. The molecule has 12 heteroatoms. The quantitative estimate of drug-likeness (QED) is 0.739. The average molecular weight is 346 g/mol. The van der Waals surface area contributed by atoms with Crippen molar-refractivity contribution in [2.45, 2.75) is 12.7 Å². The van der Waals surface area contributed by atoms with E-state index in [0.29, 0.717) is 6.41 Å². The first-order valence-corrected chi connectivity index (χ1v) is 6.49. The second kappa shape index (κ2) is 6.29. The van der Waals surface area contributed by atoms with E-state index in [4.69, 9.17) is 0 Å². The summed E-state index contributed by atoms with van der Waals surface area (Å²) < 4.78 is 43.2. The van der Waals surface area contributed by atoms with Gasteiger partial charge >= 0.3 is 12.1 Å². The lowest BCUT2D eigenvalue weighted by Gasteiger charge is -2.17. The zero-order chi connectivity index (χ0) is 18.1. The van der Waals surface area contributed by atoms with Crippen molar-refractivity contribution in [3.63, 3.8) is 0 Å². The van der Waals surface area contributed by atoms with Crippen LogP contribution in [0.3, 0.4) is 0 Å². The van der Waals surface area contributed by atoms with Gasteiger partial charge in [0, 0.05) is 21.1 Å². The molecule has 9 nitrogen and oxygen atoms in total. The lowest BCUT2D eigenvalue weighted by molar-refractivity contribution is -0.157. The summed E-state index contributed by atoms with van der Waals surface area (Å²) in [7, 11) is 4.31. The van der Waals surface area contributed by atoms with Gasteiger partial charge in [-0.25, -0.2) is 4.98 Å². The fraction of sp³-hybridized carbons (Fsp3) is 0.417. The number of aromatic nitrogens is 4. The lowest BCUT2D eigenvalue weighted by Crippen LogP contribution is -2.30. The van der Waals surface area contributed by atoms with Gasteiger partial charge in [-0.1, -0.05) is 0 Å². The number of alkyl halides is 3. The molecule has 2 heterocycles. The monoisotopic (exact) mass is 346 g/mol. The minimum Gasteiger partial charge on any atom is -0.415 e. The van der Waals surface area contributed by atoms with E-state index in [2.05, 4.69) is 19.6 Å². The number of rotatable bonds is 5. The van der Waals surface area contributed by atoms with Gasteiger partial charge in [-0.3, -0.25) is 9.59 Å². The Bertz CT molecular complexity index is 754. The molecular formula is C12H13F3N6O3. The molecule has 0 saturated heterocycles. The van der Waals surface area contributed by atoms with Crippen molar-refractivity contribution in [1.29, 1.82) is 0 Å². The van der Waals surface area contributed by atoms with Crippen molar-refractivity contribution in [2.75, 3.05) is 19.0 Å². The van der Waals surface area contributed by atoms with Crippen molar-refractivity contribution in [3.8, 4) is 0 Å². The van der Waals surface area contributed by atoms with Crippen LogP contribution in [0.25, 0.3) is 0 Å². The molecule has 130 valence electrons. The number of anilines is 1. The molecule has 2 amide bonds. The highest BCUT2D eigenvalue weighted by atomic mass is 19.4. The zero-order valence-corrected chi connectivity index (χ0v) is 12.9. The number of aryl methyl sites for hydroxylation is 1. The number of amides is 2. The van der Waals surface area contributed by atoms with Crippen molar-refractivity contribution in [1.82, 2.24) is 24.6 Å². The van der Waals surface area contributed by atoms with Crippen molar-refractivity contribution in [2.24, 2.45) is 7.05 Å². The van der Waals surface area contributed by atoms with Crippen LogP contribution in [-0.2, 0) is 24.6 Å². The average Bonchev–Trinajstić information content (AvgIpc) is 3.12. The Kier molecular flexibility index (Phi) is 4.57. The number of halogens is 3. The van der Waals surface area contributed by atoms with Crippen LogP contribution in [0.2, 0.25) is 0 Å². The number of hydrogen-bond acceptors (Lipinski definition) is 6. The van der Waals surface area contributed by atoms with E-state index in [1.807, 2.05) is 0 Å². The standard InChI is InChI=1S/C12H13F3N6O3/c1-19(4-7-17-18-11(24-7)12(13,14)15)10(23)8-9(21(3)6-22)16-5-20(8)2/h5-6H,4H2,1-3H3. The molecule has 0 aliphatic carbocycles. The molecule has 0 bridgehead atoms. The van der Waals surface area contributed by atoms with Crippen LogP contribution in [0.1, 0.15) is 22.3 Å². The van der Waals surface area contributed by atoms with Crippen molar-refractivity contribution < 1.29 is 27.2 Å². The normalized spacial score (nSPS) is 11.4. The highest BCUT2D eigenvalue weighted by molar-refractivity contribution is 5.99. The first-order chi connectivity index (χ1) is 11.1.